The van der Waals surface area contributed by atoms with Gasteiger partial charge in [0.15, 0.2) is 5.82 Å². The summed E-state index contributed by atoms with van der Waals surface area (Å²) in [5.41, 5.74) is 6.26. The Morgan fingerprint density at radius 1 is 1.65 bits per heavy atom. The molecule has 1 aromatic heterocycles. The fourth-order valence-corrected chi connectivity index (χ4v) is 1.33. The Morgan fingerprint density at radius 2 is 2.35 bits per heavy atom. The van der Waals surface area contributed by atoms with E-state index in [1.54, 1.807) is 18.3 Å². The van der Waals surface area contributed by atoms with Crippen LogP contribution in [0.5, 0.6) is 0 Å². The third-order valence-electron chi connectivity index (χ3n) is 2.15. The number of nitrogens with zero attached hydrogens (tertiary/aromatic N) is 2. The van der Waals surface area contributed by atoms with Crippen molar-refractivity contribution in [3.8, 4) is 0 Å². The number of pyridine rings is 1. The smallest absolute Gasteiger partial charge is 0.243 e. The molecule has 94 valence electrons. The normalized spacial score (nSPS) is 12.0. The van der Waals surface area contributed by atoms with Crippen LogP contribution >= 0.6 is 0 Å². The molecular weight excluding hydrogens is 220 g/mol. The summed E-state index contributed by atoms with van der Waals surface area (Å²) in [6, 6.07) is 2.85. The molecule has 0 bridgehead atoms. The molecule has 0 saturated heterocycles. The maximum atomic E-state index is 11.7. The first-order valence-electron chi connectivity index (χ1n) is 5.24. The molecule has 0 aliphatic carbocycles. The maximum Gasteiger partial charge on any atom is 0.243 e. The Balaban J connectivity index is 2.77. The number of hydrogen-bond acceptors (Lipinski definition) is 5. The van der Waals surface area contributed by atoms with Gasteiger partial charge in [-0.1, -0.05) is 0 Å². The van der Waals surface area contributed by atoms with Gasteiger partial charge in [-0.05, 0) is 12.1 Å². The predicted octanol–water partition coefficient (Wildman–Crippen LogP) is 0.0598. The van der Waals surface area contributed by atoms with E-state index in [4.69, 9.17) is 10.5 Å². The minimum atomic E-state index is -0.685. The van der Waals surface area contributed by atoms with Crippen molar-refractivity contribution in [2.75, 3.05) is 38.0 Å². The summed E-state index contributed by atoms with van der Waals surface area (Å²) >= 11 is 0. The van der Waals surface area contributed by atoms with E-state index in [-0.39, 0.29) is 12.5 Å². The lowest BCUT2D eigenvalue weighted by Gasteiger charge is -2.17. The van der Waals surface area contributed by atoms with Crippen LogP contribution in [0.3, 0.4) is 0 Å². The van der Waals surface area contributed by atoms with Gasteiger partial charge in [0.2, 0.25) is 5.91 Å². The van der Waals surface area contributed by atoms with Crippen molar-refractivity contribution in [1.29, 1.82) is 0 Å². The van der Waals surface area contributed by atoms with Gasteiger partial charge in [0, 0.05) is 27.4 Å². The number of nitrogens with two attached hydrogens (primary N) is 1. The second-order valence-corrected chi connectivity index (χ2v) is 3.82. The molecule has 6 heteroatoms. The molecular formula is C11H18N4O2. The lowest BCUT2D eigenvalue weighted by molar-refractivity contribution is -0.118. The molecule has 0 fully saturated rings. The van der Waals surface area contributed by atoms with Crippen LogP contribution in [-0.2, 0) is 9.53 Å². The van der Waals surface area contributed by atoms with E-state index in [0.717, 1.165) is 0 Å². The van der Waals surface area contributed by atoms with Crippen LogP contribution in [0.2, 0.25) is 0 Å². The van der Waals surface area contributed by atoms with E-state index in [2.05, 4.69) is 10.3 Å². The highest BCUT2D eigenvalue weighted by atomic mass is 16.5. The van der Waals surface area contributed by atoms with Crippen molar-refractivity contribution in [1.82, 2.24) is 4.98 Å². The number of carbonyl (C=O) groups is 1. The van der Waals surface area contributed by atoms with Gasteiger partial charge in [-0.25, -0.2) is 4.98 Å². The number of nitrogens with one attached hydrogen (secondary N) is 1. The zero-order chi connectivity index (χ0) is 12.8. The number of rotatable bonds is 5. The molecule has 1 heterocycles. The van der Waals surface area contributed by atoms with Crippen LogP contribution < -0.4 is 16.0 Å². The number of anilines is 2. The second kappa shape index (κ2) is 6.17. The van der Waals surface area contributed by atoms with Crippen LogP contribution in [0.1, 0.15) is 0 Å². The number of methoxy groups -OCH3 is 1. The van der Waals surface area contributed by atoms with Gasteiger partial charge in [0.05, 0.1) is 12.3 Å². The summed E-state index contributed by atoms with van der Waals surface area (Å²) in [5.74, 6) is 0.397. The fourth-order valence-electron chi connectivity index (χ4n) is 1.33. The minimum Gasteiger partial charge on any atom is -0.383 e. The van der Waals surface area contributed by atoms with Gasteiger partial charge in [0.1, 0.15) is 6.04 Å². The topological polar surface area (TPSA) is 80.5 Å². The quantitative estimate of drug-likeness (QED) is 0.758. The number of aromatic nitrogens is 1. The van der Waals surface area contributed by atoms with Crippen LogP contribution in [0, 0.1) is 0 Å². The third kappa shape index (κ3) is 3.69. The molecule has 1 aromatic rings. The van der Waals surface area contributed by atoms with E-state index in [9.17, 15) is 4.79 Å². The van der Waals surface area contributed by atoms with Gasteiger partial charge in [-0.15, -0.1) is 0 Å². The van der Waals surface area contributed by atoms with Gasteiger partial charge >= 0.3 is 0 Å². The van der Waals surface area contributed by atoms with Gasteiger partial charge < -0.3 is 20.7 Å². The zero-order valence-electron chi connectivity index (χ0n) is 10.3. The lowest BCUT2D eigenvalue weighted by atomic mass is 10.3. The van der Waals surface area contributed by atoms with Crippen molar-refractivity contribution >= 4 is 17.4 Å². The molecule has 0 aliphatic rings. The molecule has 3 N–H and O–H groups in total. The summed E-state index contributed by atoms with van der Waals surface area (Å²) < 4.78 is 4.83. The number of hydrogen-bond donors (Lipinski definition) is 2. The monoisotopic (exact) mass is 238 g/mol. The molecule has 1 rings (SSSR count). The molecule has 6 nitrogen and oxygen atoms in total. The van der Waals surface area contributed by atoms with Crippen molar-refractivity contribution in [3.63, 3.8) is 0 Å². The number of ether oxygens (including phenoxy) is 1. The van der Waals surface area contributed by atoms with E-state index in [0.29, 0.717) is 11.5 Å². The molecule has 1 unspecified atom stereocenters. The molecule has 1 atom stereocenters. The first-order chi connectivity index (χ1) is 8.06. The van der Waals surface area contributed by atoms with Gasteiger partial charge in [-0.3, -0.25) is 4.79 Å². The van der Waals surface area contributed by atoms with E-state index in [1.807, 2.05) is 19.0 Å². The average Bonchev–Trinajstić information content (AvgIpc) is 2.29. The summed E-state index contributed by atoms with van der Waals surface area (Å²) in [6.45, 7) is 0.184. The van der Waals surface area contributed by atoms with Crippen LogP contribution in [0.15, 0.2) is 18.3 Å². The van der Waals surface area contributed by atoms with Crippen molar-refractivity contribution < 1.29 is 9.53 Å². The van der Waals surface area contributed by atoms with Crippen LogP contribution in [-0.4, -0.2) is 44.7 Å². The Hall–Kier alpha value is -1.66. The standard InChI is InChI=1S/C11H18N4O2/c1-15(2)10-9(5-4-6-13-10)14-11(16)8(12)7-17-3/h4-6,8H,7,12H2,1-3H3,(H,14,16). The first-order valence-corrected chi connectivity index (χ1v) is 5.24. The molecule has 0 radical (unpaired) electrons. The van der Waals surface area contributed by atoms with E-state index >= 15 is 0 Å². The molecule has 0 aromatic carbocycles. The highest BCUT2D eigenvalue weighted by Gasteiger charge is 2.15. The summed E-state index contributed by atoms with van der Waals surface area (Å²) in [6.07, 6.45) is 1.67. The molecule has 0 aliphatic heterocycles. The Bertz CT molecular complexity index is 381. The summed E-state index contributed by atoms with van der Waals surface area (Å²) in [5, 5.41) is 2.73. The first kappa shape index (κ1) is 13.4. The van der Waals surface area contributed by atoms with Crippen molar-refractivity contribution in [3.05, 3.63) is 18.3 Å². The van der Waals surface area contributed by atoms with Crippen molar-refractivity contribution in [2.24, 2.45) is 5.73 Å². The number of amides is 1. The highest BCUT2D eigenvalue weighted by Crippen LogP contribution is 2.20. The SMILES string of the molecule is COCC(N)C(=O)Nc1cccnc1N(C)C. The Kier molecular flexibility index (Phi) is 4.86. The molecule has 0 saturated carbocycles. The molecule has 0 spiro atoms. The van der Waals surface area contributed by atoms with Crippen LogP contribution in [0.4, 0.5) is 11.5 Å². The zero-order valence-corrected chi connectivity index (χ0v) is 10.3. The predicted molar refractivity (Wildman–Crippen MR) is 67.0 cm³/mol. The molecule has 17 heavy (non-hydrogen) atoms. The van der Waals surface area contributed by atoms with E-state index < -0.39 is 6.04 Å². The highest BCUT2D eigenvalue weighted by molar-refractivity contribution is 5.97. The van der Waals surface area contributed by atoms with E-state index in [1.165, 1.54) is 7.11 Å². The lowest BCUT2D eigenvalue weighted by Crippen LogP contribution is -2.39. The molecule has 1 amide bonds. The summed E-state index contributed by atoms with van der Waals surface area (Å²) in [7, 11) is 5.21. The van der Waals surface area contributed by atoms with Crippen LogP contribution in [0.25, 0.3) is 0 Å². The second-order valence-electron chi connectivity index (χ2n) is 3.82. The Labute approximate surface area is 101 Å². The van der Waals surface area contributed by atoms with Gasteiger partial charge in [-0.2, -0.15) is 0 Å². The van der Waals surface area contributed by atoms with Crippen molar-refractivity contribution in [2.45, 2.75) is 6.04 Å². The largest absolute Gasteiger partial charge is 0.383 e. The van der Waals surface area contributed by atoms with Gasteiger partial charge in [0.25, 0.3) is 0 Å². The Morgan fingerprint density at radius 3 is 2.94 bits per heavy atom. The average molecular weight is 238 g/mol. The summed E-state index contributed by atoms with van der Waals surface area (Å²) in [4.78, 5) is 17.7. The minimum absolute atomic E-state index is 0.184. The number of carbonyl (C=O) groups excluding carboxylic acids is 1. The third-order valence-corrected chi connectivity index (χ3v) is 2.15. The maximum absolute atomic E-state index is 11.7. The fraction of sp³-hybridized carbons (Fsp3) is 0.455.